The Morgan fingerprint density at radius 1 is 1.16 bits per heavy atom. The van der Waals surface area contributed by atoms with Gasteiger partial charge in [-0.25, -0.2) is 9.97 Å². The molecule has 2 aromatic rings. The molecule has 25 heavy (non-hydrogen) atoms. The van der Waals surface area contributed by atoms with Gasteiger partial charge in [0, 0.05) is 37.4 Å². The summed E-state index contributed by atoms with van der Waals surface area (Å²) in [6.07, 6.45) is -0.882. The van der Waals surface area contributed by atoms with Gasteiger partial charge < -0.3 is 5.32 Å². The molecule has 0 aliphatic carbocycles. The first-order chi connectivity index (χ1) is 11.9. The van der Waals surface area contributed by atoms with Crippen LogP contribution < -0.4 is 5.32 Å². The Balaban J connectivity index is 1.53. The first-order valence-electron chi connectivity index (χ1n) is 8.34. The predicted octanol–water partition coefficient (Wildman–Crippen LogP) is 3.88. The van der Waals surface area contributed by atoms with Gasteiger partial charge in [0.25, 0.3) is 0 Å². The van der Waals surface area contributed by atoms with Gasteiger partial charge >= 0.3 is 6.18 Å². The van der Waals surface area contributed by atoms with Crippen molar-refractivity contribution in [2.75, 3.05) is 18.4 Å². The van der Waals surface area contributed by atoms with Crippen molar-refractivity contribution >= 4 is 5.82 Å². The van der Waals surface area contributed by atoms with Crippen molar-refractivity contribution < 1.29 is 13.2 Å². The van der Waals surface area contributed by atoms with Gasteiger partial charge in [0.15, 0.2) is 0 Å². The van der Waals surface area contributed by atoms with Crippen LogP contribution in [0.25, 0.3) is 0 Å². The lowest BCUT2D eigenvalue weighted by Crippen LogP contribution is -2.38. The molecule has 7 heteroatoms. The van der Waals surface area contributed by atoms with Crippen LogP contribution in [-0.4, -0.2) is 34.0 Å². The SMILES string of the molecule is Cc1cc(NC2CCN(Cc3cccc(C(F)(F)F)c3)CC2)ncn1. The number of aryl methyl sites for hydroxylation is 1. The number of hydrogen-bond donors (Lipinski definition) is 1. The molecule has 1 saturated heterocycles. The van der Waals surface area contributed by atoms with E-state index >= 15 is 0 Å². The van der Waals surface area contributed by atoms with Gasteiger partial charge in [0.05, 0.1) is 5.56 Å². The molecule has 1 aliphatic heterocycles. The molecular formula is C18H21F3N4. The molecule has 0 radical (unpaired) electrons. The number of benzene rings is 1. The topological polar surface area (TPSA) is 41.0 Å². The van der Waals surface area contributed by atoms with E-state index in [-0.39, 0.29) is 0 Å². The summed E-state index contributed by atoms with van der Waals surface area (Å²) in [6.45, 7) is 4.16. The average molecular weight is 350 g/mol. The number of alkyl halides is 3. The third-order valence-corrected chi connectivity index (χ3v) is 4.40. The Kier molecular flexibility index (Phi) is 5.22. The summed E-state index contributed by atoms with van der Waals surface area (Å²) in [6, 6.07) is 7.83. The molecule has 1 aromatic carbocycles. The maximum atomic E-state index is 12.8. The highest BCUT2D eigenvalue weighted by Crippen LogP contribution is 2.30. The fourth-order valence-electron chi connectivity index (χ4n) is 3.08. The van der Waals surface area contributed by atoms with Crippen LogP contribution in [0.3, 0.4) is 0 Å². The third-order valence-electron chi connectivity index (χ3n) is 4.40. The summed E-state index contributed by atoms with van der Waals surface area (Å²) in [5, 5.41) is 3.41. The highest BCUT2D eigenvalue weighted by atomic mass is 19.4. The van der Waals surface area contributed by atoms with Crippen LogP contribution in [0.15, 0.2) is 36.7 Å². The lowest BCUT2D eigenvalue weighted by Gasteiger charge is -2.32. The summed E-state index contributed by atoms with van der Waals surface area (Å²) < 4.78 is 38.4. The molecule has 0 unspecified atom stereocenters. The van der Waals surface area contributed by atoms with Crippen LogP contribution in [0.5, 0.6) is 0 Å². The normalized spacial score (nSPS) is 16.8. The monoisotopic (exact) mass is 350 g/mol. The molecule has 1 N–H and O–H groups in total. The Hall–Kier alpha value is -2.15. The Bertz CT molecular complexity index is 709. The van der Waals surface area contributed by atoms with Gasteiger partial charge in [0.1, 0.15) is 12.1 Å². The van der Waals surface area contributed by atoms with Crippen LogP contribution >= 0.6 is 0 Å². The van der Waals surface area contributed by atoms with Gasteiger partial charge in [-0.15, -0.1) is 0 Å². The molecule has 1 aliphatic rings. The van der Waals surface area contributed by atoms with Gasteiger partial charge in [-0.1, -0.05) is 18.2 Å². The number of likely N-dealkylation sites (tertiary alicyclic amines) is 1. The smallest absolute Gasteiger partial charge is 0.367 e. The summed E-state index contributed by atoms with van der Waals surface area (Å²) in [7, 11) is 0. The Morgan fingerprint density at radius 2 is 1.92 bits per heavy atom. The van der Waals surface area contributed by atoms with E-state index in [2.05, 4.69) is 20.2 Å². The van der Waals surface area contributed by atoms with Crippen LogP contribution in [0.4, 0.5) is 19.0 Å². The highest BCUT2D eigenvalue weighted by molar-refractivity contribution is 5.35. The Labute approximate surface area is 145 Å². The molecule has 2 heterocycles. The van der Waals surface area contributed by atoms with Crippen LogP contribution in [0.1, 0.15) is 29.7 Å². The van der Waals surface area contributed by atoms with E-state index in [4.69, 9.17) is 0 Å². The van der Waals surface area contributed by atoms with E-state index in [1.54, 1.807) is 12.4 Å². The van der Waals surface area contributed by atoms with Crippen LogP contribution in [0.2, 0.25) is 0 Å². The molecule has 0 spiro atoms. The minimum atomic E-state index is -4.29. The maximum absolute atomic E-state index is 12.8. The maximum Gasteiger partial charge on any atom is 0.416 e. The quantitative estimate of drug-likeness (QED) is 0.909. The first-order valence-corrected chi connectivity index (χ1v) is 8.34. The fraction of sp³-hybridized carbons (Fsp3) is 0.444. The van der Waals surface area contributed by atoms with Crippen LogP contribution in [0, 0.1) is 6.92 Å². The van der Waals surface area contributed by atoms with E-state index < -0.39 is 11.7 Å². The number of anilines is 1. The molecule has 3 rings (SSSR count). The van der Waals surface area contributed by atoms with Crippen molar-refractivity contribution in [3.8, 4) is 0 Å². The number of nitrogens with zero attached hydrogens (tertiary/aromatic N) is 3. The molecule has 0 bridgehead atoms. The largest absolute Gasteiger partial charge is 0.416 e. The average Bonchev–Trinajstić information content (AvgIpc) is 2.56. The number of piperidine rings is 1. The molecule has 4 nitrogen and oxygen atoms in total. The highest BCUT2D eigenvalue weighted by Gasteiger charge is 2.30. The summed E-state index contributed by atoms with van der Waals surface area (Å²) in [4.78, 5) is 10.5. The predicted molar refractivity (Wildman–Crippen MR) is 90.1 cm³/mol. The molecule has 0 atom stereocenters. The molecule has 134 valence electrons. The third kappa shape index (κ3) is 4.92. The number of rotatable bonds is 4. The molecule has 0 amide bonds. The van der Waals surface area contributed by atoms with E-state index in [9.17, 15) is 13.2 Å². The Morgan fingerprint density at radius 3 is 2.60 bits per heavy atom. The van der Waals surface area contributed by atoms with E-state index in [0.717, 1.165) is 43.5 Å². The molecule has 1 aromatic heterocycles. The zero-order valence-corrected chi connectivity index (χ0v) is 14.1. The number of nitrogens with one attached hydrogen (secondary N) is 1. The second kappa shape index (κ2) is 7.39. The zero-order chi connectivity index (χ0) is 17.9. The van der Waals surface area contributed by atoms with Crippen LogP contribution in [-0.2, 0) is 12.7 Å². The van der Waals surface area contributed by atoms with Crippen molar-refractivity contribution in [3.63, 3.8) is 0 Å². The summed E-state index contributed by atoms with van der Waals surface area (Å²) in [5.74, 6) is 0.823. The van der Waals surface area contributed by atoms with E-state index in [1.165, 1.54) is 12.1 Å². The van der Waals surface area contributed by atoms with Gasteiger partial charge in [-0.3, -0.25) is 4.90 Å². The van der Waals surface area contributed by atoms with Crippen molar-refractivity contribution in [2.45, 2.75) is 38.5 Å². The van der Waals surface area contributed by atoms with Crippen molar-refractivity contribution in [2.24, 2.45) is 0 Å². The van der Waals surface area contributed by atoms with Gasteiger partial charge in [-0.05, 0) is 31.4 Å². The number of aromatic nitrogens is 2. The lowest BCUT2D eigenvalue weighted by atomic mass is 10.0. The molecular weight excluding hydrogens is 329 g/mol. The van der Waals surface area contributed by atoms with Gasteiger partial charge in [-0.2, -0.15) is 13.2 Å². The summed E-state index contributed by atoms with van der Waals surface area (Å²) in [5.41, 5.74) is 1.04. The molecule has 1 fully saturated rings. The first kappa shape index (κ1) is 17.7. The number of halogens is 3. The second-order valence-corrected chi connectivity index (χ2v) is 6.44. The standard InChI is InChI=1S/C18H21F3N4/c1-13-9-17(23-12-22-13)24-16-5-7-25(8-6-16)11-14-3-2-4-15(10-14)18(19,20)21/h2-4,9-10,12,16H,5-8,11H2,1H3,(H,22,23,24). The van der Waals surface area contributed by atoms with Crippen molar-refractivity contribution in [1.29, 1.82) is 0 Å². The zero-order valence-electron chi connectivity index (χ0n) is 14.1. The van der Waals surface area contributed by atoms with E-state index in [0.29, 0.717) is 18.2 Å². The lowest BCUT2D eigenvalue weighted by molar-refractivity contribution is -0.137. The van der Waals surface area contributed by atoms with Crippen molar-refractivity contribution in [3.05, 3.63) is 53.5 Å². The fourth-order valence-corrected chi connectivity index (χ4v) is 3.08. The second-order valence-electron chi connectivity index (χ2n) is 6.44. The van der Waals surface area contributed by atoms with Gasteiger partial charge in [0.2, 0.25) is 0 Å². The van der Waals surface area contributed by atoms with Crippen molar-refractivity contribution in [1.82, 2.24) is 14.9 Å². The summed E-state index contributed by atoms with van der Waals surface area (Å²) >= 11 is 0. The number of hydrogen-bond acceptors (Lipinski definition) is 4. The minimum Gasteiger partial charge on any atom is -0.367 e. The molecule has 0 saturated carbocycles. The minimum absolute atomic E-state index is 0.326. The van der Waals surface area contributed by atoms with E-state index in [1.807, 2.05) is 13.0 Å².